The molecular weight excluding hydrogens is 645 g/mol. The lowest BCUT2D eigenvalue weighted by Crippen LogP contribution is -2.38. The van der Waals surface area contributed by atoms with Crippen molar-refractivity contribution in [2.75, 3.05) is 13.7 Å². The Balaban J connectivity index is 1.61. The number of esters is 1. The molecular formula is C28H22BrCl2NO5S2. The van der Waals surface area contributed by atoms with E-state index in [2.05, 4.69) is 15.9 Å². The molecule has 1 fully saturated rings. The topological polar surface area (TPSA) is 65.1 Å². The first kappa shape index (κ1) is 29.4. The number of ether oxygens (including phenoxy) is 3. The van der Waals surface area contributed by atoms with Crippen molar-refractivity contribution < 1.29 is 23.8 Å². The van der Waals surface area contributed by atoms with Gasteiger partial charge in [-0.3, -0.25) is 9.69 Å². The number of hydrogen-bond acceptors (Lipinski definition) is 7. The normalized spacial score (nSPS) is 15.0. The molecule has 0 aromatic heterocycles. The second kappa shape index (κ2) is 13.2. The van der Waals surface area contributed by atoms with Crippen molar-refractivity contribution >= 4 is 85.4 Å². The second-order valence-electron chi connectivity index (χ2n) is 8.18. The van der Waals surface area contributed by atoms with Crippen molar-refractivity contribution in [2.24, 2.45) is 0 Å². The van der Waals surface area contributed by atoms with E-state index in [1.165, 1.54) is 12.0 Å². The number of amides is 1. The van der Waals surface area contributed by atoms with Gasteiger partial charge in [-0.15, -0.1) is 0 Å². The SMILES string of the molecule is CCOC(=O)C(c1ccccc1)N1C(=O)/C(=C/c2cc(Br)c(OCc3ccc(Cl)cc3Cl)c(OC)c2)SC1=S. The molecule has 3 aromatic carbocycles. The number of halogens is 3. The molecule has 0 aliphatic carbocycles. The highest BCUT2D eigenvalue weighted by atomic mass is 79.9. The van der Waals surface area contributed by atoms with Crippen molar-refractivity contribution in [1.82, 2.24) is 4.90 Å². The van der Waals surface area contributed by atoms with E-state index in [1.54, 1.807) is 67.6 Å². The predicted octanol–water partition coefficient (Wildman–Crippen LogP) is 7.85. The Labute approximate surface area is 254 Å². The molecule has 1 saturated heterocycles. The third-order valence-corrected chi connectivity index (χ3v) is 8.15. The summed E-state index contributed by atoms with van der Waals surface area (Å²) >= 11 is 22.4. The molecule has 202 valence electrons. The largest absolute Gasteiger partial charge is 0.493 e. The molecule has 11 heteroatoms. The maximum atomic E-state index is 13.5. The molecule has 0 spiro atoms. The van der Waals surface area contributed by atoms with E-state index in [0.717, 1.165) is 17.3 Å². The minimum Gasteiger partial charge on any atom is -0.493 e. The van der Waals surface area contributed by atoms with E-state index in [1.807, 2.05) is 6.07 Å². The number of nitrogens with zero attached hydrogens (tertiary/aromatic N) is 1. The van der Waals surface area contributed by atoms with Gasteiger partial charge in [-0.25, -0.2) is 4.79 Å². The van der Waals surface area contributed by atoms with Crippen LogP contribution in [-0.4, -0.2) is 34.8 Å². The quantitative estimate of drug-likeness (QED) is 0.131. The molecule has 1 heterocycles. The number of thioether (sulfide) groups is 1. The fourth-order valence-corrected chi connectivity index (χ4v) is 6.20. The number of methoxy groups -OCH3 is 1. The van der Waals surface area contributed by atoms with E-state index < -0.39 is 12.0 Å². The van der Waals surface area contributed by atoms with Crippen LogP contribution >= 0.6 is 63.1 Å². The van der Waals surface area contributed by atoms with E-state index >= 15 is 0 Å². The van der Waals surface area contributed by atoms with Gasteiger partial charge in [-0.2, -0.15) is 0 Å². The molecule has 0 saturated carbocycles. The fraction of sp³-hybridized carbons (Fsp3) is 0.179. The fourth-order valence-electron chi connectivity index (χ4n) is 3.85. The van der Waals surface area contributed by atoms with Crippen LogP contribution in [0.25, 0.3) is 6.08 Å². The van der Waals surface area contributed by atoms with Crippen molar-refractivity contribution in [2.45, 2.75) is 19.6 Å². The van der Waals surface area contributed by atoms with Crippen LogP contribution in [0.3, 0.4) is 0 Å². The second-order valence-corrected chi connectivity index (χ2v) is 11.5. The van der Waals surface area contributed by atoms with Crippen LogP contribution < -0.4 is 9.47 Å². The van der Waals surface area contributed by atoms with E-state index in [4.69, 9.17) is 49.6 Å². The number of carbonyl (C=O) groups excluding carboxylic acids is 2. The molecule has 4 rings (SSSR count). The molecule has 1 aliphatic heterocycles. The monoisotopic (exact) mass is 665 g/mol. The summed E-state index contributed by atoms with van der Waals surface area (Å²) < 4.78 is 17.7. The molecule has 1 amide bonds. The standard InChI is InChI=1S/C28H22BrCl2NO5S2/c1-3-36-27(34)24(17-7-5-4-6-8-17)32-26(33)23(39-28(32)38)13-16-11-20(29)25(22(12-16)35-2)37-15-18-9-10-19(30)14-21(18)31/h4-14,24H,3,15H2,1-2H3/b23-13-. The summed E-state index contributed by atoms with van der Waals surface area (Å²) in [6.45, 7) is 2.09. The van der Waals surface area contributed by atoms with Crippen molar-refractivity contribution in [3.8, 4) is 11.5 Å². The lowest BCUT2D eigenvalue weighted by molar-refractivity contribution is -0.151. The van der Waals surface area contributed by atoms with Gasteiger partial charge < -0.3 is 14.2 Å². The third kappa shape index (κ3) is 6.78. The number of carbonyl (C=O) groups is 2. The molecule has 0 radical (unpaired) electrons. The van der Waals surface area contributed by atoms with Gasteiger partial charge in [0.25, 0.3) is 5.91 Å². The first-order valence-electron chi connectivity index (χ1n) is 11.7. The highest BCUT2D eigenvalue weighted by molar-refractivity contribution is 9.10. The smallest absolute Gasteiger partial charge is 0.333 e. The zero-order valence-corrected chi connectivity index (χ0v) is 25.5. The zero-order valence-electron chi connectivity index (χ0n) is 20.8. The minimum atomic E-state index is -0.985. The Hall–Kier alpha value is -2.56. The van der Waals surface area contributed by atoms with Crippen molar-refractivity contribution in [3.63, 3.8) is 0 Å². The Morgan fingerprint density at radius 2 is 1.90 bits per heavy atom. The maximum absolute atomic E-state index is 13.5. The van der Waals surface area contributed by atoms with Crippen LogP contribution in [0.15, 0.2) is 70.0 Å². The van der Waals surface area contributed by atoms with Gasteiger partial charge in [-0.1, -0.05) is 83.6 Å². The molecule has 39 heavy (non-hydrogen) atoms. The average Bonchev–Trinajstić information content (AvgIpc) is 3.17. The highest BCUT2D eigenvalue weighted by Gasteiger charge is 2.42. The Bertz CT molecular complexity index is 1450. The van der Waals surface area contributed by atoms with Crippen LogP contribution in [0.2, 0.25) is 10.0 Å². The highest BCUT2D eigenvalue weighted by Crippen LogP contribution is 2.42. The molecule has 1 aliphatic rings. The van der Waals surface area contributed by atoms with Gasteiger partial charge in [-0.05, 0) is 64.3 Å². The van der Waals surface area contributed by atoms with Crippen LogP contribution in [0.1, 0.15) is 29.7 Å². The summed E-state index contributed by atoms with van der Waals surface area (Å²) in [5.74, 6) is -0.0165. The Morgan fingerprint density at radius 1 is 1.15 bits per heavy atom. The van der Waals surface area contributed by atoms with Crippen LogP contribution in [0.5, 0.6) is 11.5 Å². The van der Waals surface area contributed by atoms with Gasteiger partial charge in [0.15, 0.2) is 17.5 Å². The molecule has 0 N–H and O–H groups in total. The van der Waals surface area contributed by atoms with Gasteiger partial charge in [0.05, 0.1) is 23.1 Å². The number of hydrogen-bond donors (Lipinski definition) is 0. The van der Waals surface area contributed by atoms with E-state index in [0.29, 0.717) is 42.0 Å². The summed E-state index contributed by atoms with van der Waals surface area (Å²) in [4.78, 5) is 28.1. The lowest BCUT2D eigenvalue weighted by atomic mass is 10.1. The number of rotatable bonds is 9. The summed E-state index contributed by atoms with van der Waals surface area (Å²) in [7, 11) is 1.52. The van der Waals surface area contributed by atoms with Gasteiger partial charge in [0, 0.05) is 15.6 Å². The minimum absolute atomic E-state index is 0.180. The van der Waals surface area contributed by atoms with Crippen LogP contribution in [-0.2, 0) is 20.9 Å². The molecule has 1 unspecified atom stereocenters. The molecule has 0 bridgehead atoms. The average molecular weight is 667 g/mol. The molecule has 6 nitrogen and oxygen atoms in total. The first-order valence-corrected chi connectivity index (χ1v) is 14.4. The third-order valence-electron chi connectivity index (χ3n) is 5.64. The Morgan fingerprint density at radius 3 is 2.56 bits per heavy atom. The van der Waals surface area contributed by atoms with Gasteiger partial charge in [0.1, 0.15) is 10.9 Å². The summed E-state index contributed by atoms with van der Waals surface area (Å²) in [5.41, 5.74) is 2.04. The van der Waals surface area contributed by atoms with Crippen LogP contribution in [0.4, 0.5) is 0 Å². The van der Waals surface area contributed by atoms with Gasteiger partial charge in [0.2, 0.25) is 0 Å². The van der Waals surface area contributed by atoms with Gasteiger partial charge >= 0.3 is 5.97 Å². The summed E-state index contributed by atoms with van der Waals surface area (Å²) in [6, 6.07) is 16.7. The first-order chi connectivity index (χ1) is 18.7. The summed E-state index contributed by atoms with van der Waals surface area (Å²) in [5, 5.41) is 1.03. The van der Waals surface area contributed by atoms with Crippen molar-refractivity contribution in [3.05, 3.63) is 96.8 Å². The number of thiocarbonyl (C=S) groups is 1. The molecule has 3 aromatic rings. The molecule has 1 atom stereocenters. The lowest BCUT2D eigenvalue weighted by Gasteiger charge is -2.25. The van der Waals surface area contributed by atoms with E-state index in [-0.39, 0.29) is 23.4 Å². The van der Waals surface area contributed by atoms with E-state index in [9.17, 15) is 9.59 Å². The summed E-state index contributed by atoms with van der Waals surface area (Å²) in [6.07, 6.45) is 1.69. The predicted molar refractivity (Wildman–Crippen MR) is 162 cm³/mol. The van der Waals surface area contributed by atoms with Crippen LogP contribution in [0, 0.1) is 0 Å². The van der Waals surface area contributed by atoms with Crippen molar-refractivity contribution in [1.29, 1.82) is 0 Å². The number of benzene rings is 3. The maximum Gasteiger partial charge on any atom is 0.333 e. The zero-order chi connectivity index (χ0) is 28.1. The Kier molecular flexibility index (Phi) is 9.96.